The van der Waals surface area contributed by atoms with Gasteiger partial charge < -0.3 is 15.5 Å². The number of nitrogen functional groups attached to an aromatic ring is 1. The third-order valence-electron chi connectivity index (χ3n) is 2.85. The van der Waals surface area contributed by atoms with Crippen molar-refractivity contribution >= 4 is 11.6 Å². The summed E-state index contributed by atoms with van der Waals surface area (Å²) in [7, 11) is 3.99. The van der Waals surface area contributed by atoms with Crippen molar-refractivity contribution in [3.05, 3.63) is 24.0 Å². The van der Waals surface area contributed by atoms with Crippen molar-refractivity contribution in [3.63, 3.8) is 0 Å². The molecule has 1 unspecified atom stereocenters. The number of anilines is 1. The van der Waals surface area contributed by atoms with Crippen LogP contribution >= 0.6 is 0 Å². The number of carbonyl (C=O) groups excluding carboxylic acids is 1. The predicted octanol–water partition coefficient (Wildman–Crippen LogP) is 1.08. The van der Waals surface area contributed by atoms with Gasteiger partial charge in [-0.25, -0.2) is 0 Å². The zero-order chi connectivity index (χ0) is 13.7. The predicted molar refractivity (Wildman–Crippen MR) is 73.4 cm³/mol. The summed E-state index contributed by atoms with van der Waals surface area (Å²) < 4.78 is 0. The summed E-state index contributed by atoms with van der Waals surface area (Å²) in [5.74, 6) is -0.0354. The van der Waals surface area contributed by atoms with E-state index < -0.39 is 0 Å². The Kier molecular flexibility index (Phi) is 5.09. The molecule has 5 heteroatoms. The van der Waals surface area contributed by atoms with Crippen LogP contribution in [0.4, 0.5) is 5.69 Å². The van der Waals surface area contributed by atoms with E-state index in [0.29, 0.717) is 17.8 Å². The van der Waals surface area contributed by atoms with E-state index in [-0.39, 0.29) is 11.9 Å². The molecule has 0 radical (unpaired) electrons. The Morgan fingerprint density at radius 2 is 2.17 bits per heavy atom. The summed E-state index contributed by atoms with van der Waals surface area (Å²) in [6, 6.07) is 1.81. The Bertz CT molecular complexity index is 406. The third-order valence-corrected chi connectivity index (χ3v) is 2.85. The molecule has 0 saturated carbocycles. The number of likely N-dealkylation sites (N-methyl/N-ethyl adjacent to an activating group) is 2. The average Bonchev–Trinajstić information content (AvgIpc) is 2.29. The summed E-state index contributed by atoms with van der Waals surface area (Å²) in [6.07, 6.45) is 3.10. The lowest BCUT2D eigenvalue weighted by Gasteiger charge is -2.30. The van der Waals surface area contributed by atoms with Gasteiger partial charge in [0.1, 0.15) is 0 Å². The number of nitrogens with two attached hydrogens (primary N) is 1. The summed E-state index contributed by atoms with van der Waals surface area (Å²) in [6.45, 7) is 5.50. The normalized spacial score (nSPS) is 12.5. The summed E-state index contributed by atoms with van der Waals surface area (Å²) in [4.78, 5) is 20.2. The second-order valence-corrected chi connectivity index (χ2v) is 4.67. The molecule has 1 atom stereocenters. The molecule has 0 saturated heterocycles. The minimum atomic E-state index is -0.0354. The standard InChI is InChI=1S/C13H22N4O/c1-5-17(10(2)9-16(3)4)13(18)11-6-7-15-8-12(11)14/h6-8,10H,5,9,14H2,1-4H3. The van der Waals surface area contributed by atoms with Crippen LogP contribution in [0.15, 0.2) is 18.5 Å². The fourth-order valence-electron chi connectivity index (χ4n) is 2.04. The topological polar surface area (TPSA) is 62.5 Å². The first kappa shape index (κ1) is 14.4. The van der Waals surface area contributed by atoms with Crippen molar-refractivity contribution in [3.8, 4) is 0 Å². The lowest BCUT2D eigenvalue weighted by molar-refractivity contribution is 0.0680. The molecule has 1 amide bonds. The van der Waals surface area contributed by atoms with Crippen LogP contribution in [-0.2, 0) is 0 Å². The molecule has 0 aliphatic carbocycles. The second-order valence-electron chi connectivity index (χ2n) is 4.67. The van der Waals surface area contributed by atoms with Crippen molar-refractivity contribution in [2.75, 3.05) is 32.9 Å². The van der Waals surface area contributed by atoms with E-state index in [2.05, 4.69) is 9.88 Å². The molecule has 1 aromatic rings. The molecule has 0 spiro atoms. The van der Waals surface area contributed by atoms with Gasteiger partial charge in [-0.2, -0.15) is 0 Å². The second kappa shape index (κ2) is 6.35. The van der Waals surface area contributed by atoms with Crippen LogP contribution in [0, 0.1) is 0 Å². The van der Waals surface area contributed by atoms with Crippen LogP contribution < -0.4 is 5.73 Å². The minimum absolute atomic E-state index is 0.0354. The fraction of sp³-hybridized carbons (Fsp3) is 0.538. The van der Waals surface area contributed by atoms with E-state index >= 15 is 0 Å². The molecule has 100 valence electrons. The van der Waals surface area contributed by atoms with E-state index in [1.807, 2.05) is 32.8 Å². The van der Waals surface area contributed by atoms with Crippen LogP contribution in [0.3, 0.4) is 0 Å². The molecule has 5 nitrogen and oxygen atoms in total. The lowest BCUT2D eigenvalue weighted by Crippen LogP contribution is -2.43. The van der Waals surface area contributed by atoms with Crippen molar-refractivity contribution < 1.29 is 4.79 Å². The van der Waals surface area contributed by atoms with Crippen molar-refractivity contribution in [2.24, 2.45) is 0 Å². The van der Waals surface area contributed by atoms with E-state index in [0.717, 1.165) is 6.54 Å². The summed E-state index contributed by atoms with van der Waals surface area (Å²) in [5, 5.41) is 0. The minimum Gasteiger partial charge on any atom is -0.397 e. The van der Waals surface area contributed by atoms with Gasteiger partial charge in [-0.3, -0.25) is 9.78 Å². The maximum atomic E-state index is 12.4. The number of rotatable bonds is 5. The van der Waals surface area contributed by atoms with Gasteiger partial charge in [-0.1, -0.05) is 0 Å². The van der Waals surface area contributed by atoms with Crippen LogP contribution in [0.2, 0.25) is 0 Å². The van der Waals surface area contributed by atoms with Crippen molar-refractivity contribution in [2.45, 2.75) is 19.9 Å². The Labute approximate surface area is 109 Å². The quantitative estimate of drug-likeness (QED) is 0.849. The third kappa shape index (κ3) is 3.43. The highest BCUT2D eigenvalue weighted by Gasteiger charge is 2.21. The van der Waals surface area contributed by atoms with Gasteiger partial charge in [0, 0.05) is 25.3 Å². The number of hydrogen-bond donors (Lipinski definition) is 1. The Morgan fingerprint density at radius 3 is 2.67 bits per heavy atom. The van der Waals surface area contributed by atoms with Gasteiger partial charge >= 0.3 is 0 Å². The summed E-state index contributed by atoms with van der Waals surface area (Å²) in [5.41, 5.74) is 6.75. The van der Waals surface area contributed by atoms with Crippen molar-refractivity contribution in [1.82, 2.24) is 14.8 Å². The Balaban J connectivity index is 2.89. The largest absolute Gasteiger partial charge is 0.397 e. The highest BCUT2D eigenvalue weighted by atomic mass is 16.2. The first-order chi connectivity index (χ1) is 8.47. The smallest absolute Gasteiger partial charge is 0.256 e. The number of nitrogens with zero attached hydrogens (tertiary/aromatic N) is 3. The molecule has 0 aromatic carbocycles. The summed E-state index contributed by atoms with van der Waals surface area (Å²) >= 11 is 0. The monoisotopic (exact) mass is 250 g/mol. The number of amides is 1. The first-order valence-corrected chi connectivity index (χ1v) is 6.12. The number of hydrogen-bond acceptors (Lipinski definition) is 4. The van der Waals surface area contributed by atoms with E-state index in [9.17, 15) is 4.79 Å². The zero-order valence-electron chi connectivity index (χ0n) is 11.6. The van der Waals surface area contributed by atoms with Crippen LogP contribution in [-0.4, -0.2) is 53.9 Å². The Hall–Kier alpha value is -1.62. The number of pyridine rings is 1. The molecule has 0 aliphatic heterocycles. The van der Waals surface area contributed by atoms with Gasteiger partial charge in [-0.15, -0.1) is 0 Å². The molecule has 0 aliphatic rings. The van der Waals surface area contributed by atoms with Gasteiger partial charge in [0.2, 0.25) is 0 Å². The number of aromatic nitrogens is 1. The van der Waals surface area contributed by atoms with Gasteiger partial charge in [0.05, 0.1) is 17.4 Å². The number of carbonyl (C=O) groups is 1. The Morgan fingerprint density at radius 1 is 1.50 bits per heavy atom. The lowest BCUT2D eigenvalue weighted by atomic mass is 10.1. The van der Waals surface area contributed by atoms with Crippen LogP contribution in [0.1, 0.15) is 24.2 Å². The first-order valence-electron chi connectivity index (χ1n) is 6.12. The molecule has 1 heterocycles. The molecule has 1 rings (SSSR count). The molecule has 0 bridgehead atoms. The van der Waals surface area contributed by atoms with Gasteiger partial charge in [0.25, 0.3) is 5.91 Å². The van der Waals surface area contributed by atoms with Gasteiger partial charge in [-0.05, 0) is 34.0 Å². The van der Waals surface area contributed by atoms with E-state index in [1.54, 1.807) is 12.3 Å². The highest BCUT2D eigenvalue weighted by molar-refractivity contribution is 5.99. The molecule has 2 N–H and O–H groups in total. The fourth-order valence-corrected chi connectivity index (χ4v) is 2.04. The maximum absolute atomic E-state index is 12.4. The zero-order valence-corrected chi connectivity index (χ0v) is 11.6. The average molecular weight is 250 g/mol. The molecular weight excluding hydrogens is 228 g/mol. The maximum Gasteiger partial charge on any atom is 0.256 e. The molecule has 0 fully saturated rings. The SMILES string of the molecule is CCN(C(=O)c1ccncc1N)C(C)CN(C)C. The van der Waals surface area contributed by atoms with Crippen molar-refractivity contribution in [1.29, 1.82) is 0 Å². The molecular formula is C13H22N4O. The highest BCUT2D eigenvalue weighted by Crippen LogP contribution is 2.14. The molecule has 18 heavy (non-hydrogen) atoms. The van der Waals surface area contributed by atoms with Gasteiger partial charge in [0.15, 0.2) is 0 Å². The van der Waals surface area contributed by atoms with Crippen LogP contribution in [0.25, 0.3) is 0 Å². The van der Waals surface area contributed by atoms with E-state index in [1.165, 1.54) is 6.20 Å². The van der Waals surface area contributed by atoms with E-state index in [4.69, 9.17) is 5.73 Å². The van der Waals surface area contributed by atoms with Crippen LogP contribution in [0.5, 0.6) is 0 Å². The molecule has 1 aromatic heterocycles.